The predicted molar refractivity (Wildman–Crippen MR) is 47.1 cm³/mol. The van der Waals surface area contributed by atoms with E-state index in [9.17, 15) is 17.2 Å². The molecule has 0 aliphatic heterocycles. The van der Waals surface area contributed by atoms with Crippen LogP contribution in [-0.2, 0) is 10.0 Å². The van der Waals surface area contributed by atoms with E-state index in [0.29, 0.717) is 0 Å². The molecule has 5 nitrogen and oxygen atoms in total. The zero-order chi connectivity index (χ0) is 11.6. The van der Waals surface area contributed by atoms with Crippen LogP contribution in [0.25, 0.3) is 0 Å². The highest BCUT2D eigenvalue weighted by atomic mass is 32.2. The lowest BCUT2D eigenvalue weighted by Crippen LogP contribution is -2.15. The quantitative estimate of drug-likeness (QED) is 0.839. The minimum atomic E-state index is -4.08. The Morgan fingerprint density at radius 3 is 2.47 bits per heavy atom. The van der Waals surface area contributed by atoms with E-state index in [1.54, 1.807) is 0 Å². The van der Waals surface area contributed by atoms with E-state index in [-0.39, 0.29) is 5.75 Å². The fraction of sp³-hybridized carbons (Fsp3) is 0.286. The van der Waals surface area contributed by atoms with Gasteiger partial charge in [0.2, 0.25) is 0 Å². The van der Waals surface area contributed by atoms with Gasteiger partial charge in [-0.3, -0.25) is 0 Å². The Kier molecular flexibility index (Phi) is 3.20. The molecule has 0 aliphatic rings. The van der Waals surface area contributed by atoms with Crippen molar-refractivity contribution >= 4 is 10.0 Å². The molecule has 0 amide bonds. The van der Waals surface area contributed by atoms with Crippen LogP contribution in [0.2, 0.25) is 0 Å². The van der Waals surface area contributed by atoms with Crippen LogP contribution in [0.15, 0.2) is 17.2 Å². The molecule has 1 aromatic rings. The molecule has 0 spiro atoms. The summed E-state index contributed by atoms with van der Waals surface area (Å²) >= 11 is 0. The second kappa shape index (κ2) is 4.07. The number of pyridine rings is 1. The number of nitrogens with two attached hydrogens (primary N) is 1. The van der Waals surface area contributed by atoms with Gasteiger partial charge in [-0.05, 0) is 12.1 Å². The van der Waals surface area contributed by atoms with Crippen LogP contribution in [0.5, 0.6) is 5.75 Å². The number of hydrogen-bond donors (Lipinski definition) is 1. The van der Waals surface area contributed by atoms with Crippen molar-refractivity contribution in [2.75, 3.05) is 7.11 Å². The van der Waals surface area contributed by atoms with Gasteiger partial charge in [0, 0.05) is 0 Å². The van der Waals surface area contributed by atoms with Crippen LogP contribution in [-0.4, -0.2) is 20.5 Å². The first-order chi connectivity index (χ1) is 6.86. The highest BCUT2D eigenvalue weighted by molar-refractivity contribution is 7.89. The third-order valence-electron chi connectivity index (χ3n) is 1.58. The van der Waals surface area contributed by atoms with E-state index in [1.165, 1.54) is 7.11 Å². The first kappa shape index (κ1) is 11.8. The summed E-state index contributed by atoms with van der Waals surface area (Å²) in [5, 5.41) is 4.13. The molecule has 0 fully saturated rings. The SMILES string of the molecule is COc1ccc(S(N)(=O)=O)nc1C(F)F. The number of hydrogen-bond acceptors (Lipinski definition) is 4. The summed E-state index contributed by atoms with van der Waals surface area (Å²) in [6, 6.07) is 2.08. The van der Waals surface area contributed by atoms with Crippen LogP contribution in [0.4, 0.5) is 8.78 Å². The van der Waals surface area contributed by atoms with Crippen LogP contribution in [0.1, 0.15) is 12.1 Å². The van der Waals surface area contributed by atoms with Crippen LogP contribution in [0, 0.1) is 0 Å². The summed E-state index contributed by atoms with van der Waals surface area (Å²) in [5.41, 5.74) is -0.746. The van der Waals surface area contributed by atoms with Crippen LogP contribution in [0.3, 0.4) is 0 Å². The number of halogens is 2. The predicted octanol–water partition coefficient (Wildman–Crippen LogP) is 0.675. The number of methoxy groups -OCH3 is 1. The fourth-order valence-electron chi connectivity index (χ4n) is 0.931. The van der Waals surface area contributed by atoms with Gasteiger partial charge in [0.25, 0.3) is 16.4 Å². The summed E-state index contributed by atoms with van der Waals surface area (Å²) in [5.74, 6) is -0.183. The third-order valence-corrected chi connectivity index (χ3v) is 2.39. The maximum Gasteiger partial charge on any atom is 0.284 e. The first-order valence-electron chi connectivity index (χ1n) is 3.72. The van der Waals surface area contributed by atoms with E-state index in [4.69, 9.17) is 5.14 Å². The molecular weight excluding hydrogens is 230 g/mol. The Bertz CT molecular complexity index is 461. The minimum absolute atomic E-state index is 0.183. The lowest BCUT2D eigenvalue weighted by molar-refractivity contribution is 0.140. The van der Waals surface area contributed by atoms with Crippen molar-refractivity contribution in [3.8, 4) is 5.75 Å². The lowest BCUT2D eigenvalue weighted by atomic mass is 10.3. The van der Waals surface area contributed by atoms with Gasteiger partial charge in [-0.2, -0.15) is 0 Å². The van der Waals surface area contributed by atoms with E-state index in [1.807, 2.05) is 0 Å². The normalized spacial score (nSPS) is 11.8. The Morgan fingerprint density at radius 1 is 1.47 bits per heavy atom. The van der Waals surface area contributed by atoms with Gasteiger partial charge in [-0.15, -0.1) is 0 Å². The number of sulfonamides is 1. The molecule has 0 atom stereocenters. The standard InChI is InChI=1S/C7H8F2N2O3S/c1-14-4-2-3-5(15(10,12)13)11-6(4)7(8)9/h2-3,7H,1H3,(H2,10,12,13). The first-order valence-corrected chi connectivity index (χ1v) is 5.26. The average molecular weight is 238 g/mol. The number of rotatable bonds is 3. The summed E-state index contributed by atoms with van der Waals surface area (Å²) in [6.45, 7) is 0. The van der Waals surface area contributed by atoms with Gasteiger partial charge >= 0.3 is 0 Å². The molecular formula is C7H8F2N2O3S. The molecule has 15 heavy (non-hydrogen) atoms. The highest BCUT2D eigenvalue weighted by Crippen LogP contribution is 2.27. The molecule has 1 aromatic heterocycles. The molecule has 84 valence electrons. The molecule has 0 saturated carbocycles. The number of nitrogens with zero attached hydrogens (tertiary/aromatic N) is 1. The van der Waals surface area contributed by atoms with Gasteiger partial charge < -0.3 is 4.74 Å². The van der Waals surface area contributed by atoms with Gasteiger partial charge in [0.15, 0.2) is 5.03 Å². The van der Waals surface area contributed by atoms with Gasteiger partial charge in [-0.25, -0.2) is 27.3 Å². The Morgan fingerprint density at radius 2 is 2.07 bits per heavy atom. The number of aromatic nitrogens is 1. The van der Waals surface area contributed by atoms with E-state index < -0.39 is 27.2 Å². The van der Waals surface area contributed by atoms with Gasteiger partial charge in [-0.1, -0.05) is 0 Å². The number of ether oxygens (including phenoxy) is 1. The molecule has 0 aromatic carbocycles. The van der Waals surface area contributed by atoms with E-state index >= 15 is 0 Å². The Labute approximate surface area is 84.9 Å². The lowest BCUT2D eigenvalue weighted by Gasteiger charge is -2.07. The highest BCUT2D eigenvalue weighted by Gasteiger charge is 2.19. The van der Waals surface area contributed by atoms with Gasteiger partial charge in [0.1, 0.15) is 11.4 Å². The summed E-state index contributed by atoms with van der Waals surface area (Å²) in [7, 11) is -2.90. The molecule has 0 saturated heterocycles. The largest absolute Gasteiger partial charge is 0.495 e. The second-order valence-corrected chi connectivity index (χ2v) is 4.09. The van der Waals surface area contributed by atoms with Crippen molar-refractivity contribution in [3.63, 3.8) is 0 Å². The maximum atomic E-state index is 12.4. The van der Waals surface area contributed by atoms with E-state index in [0.717, 1.165) is 12.1 Å². The van der Waals surface area contributed by atoms with Crippen molar-refractivity contribution in [3.05, 3.63) is 17.8 Å². The number of primary sulfonamides is 1. The van der Waals surface area contributed by atoms with Crippen molar-refractivity contribution in [2.24, 2.45) is 5.14 Å². The Balaban J connectivity index is 3.35. The van der Waals surface area contributed by atoms with Crippen molar-refractivity contribution in [1.82, 2.24) is 4.98 Å². The molecule has 1 rings (SSSR count). The zero-order valence-electron chi connectivity index (χ0n) is 7.65. The van der Waals surface area contributed by atoms with Crippen molar-refractivity contribution in [2.45, 2.75) is 11.5 Å². The van der Waals surface area contributed by atoms with Crippen molar-refractivity contribution < 1.29 is 21.9 Å². The fourth-order valence-corrected chi connectivity index (χ4v) is 1.41. The van der Waals surface area contributed by atoms with Gasteiger partial charge in [0.05, 0.1) is 7.11 Å². The smallest absolute Gasteiger partial charge is 0.284 e. The second-order valence-electron chi connectivity index (χ2n) is 2.58. The maximum absolute atomic E-state index is 12.4. The topological polar surface area (TPSA) is 82.3 Å². The summed E-state index contributed by atoms with van der Waals surface area (Å²) in [4.78, 5) is 3.23. The summed E-state index contributed by atoms with van der Waals surface area (Å²) < 4.78 is 51.1. The zero-order valence-corrected chi connectivity index (χ0v) is 8.46. The Hall–Kier alpha value is -1.28. The minimum Gasteiger partial charge on any atom is -0.495 e. The molecule has 8 heteroatoms. The average Bonchev–Trinajstić information content (AvgIpc) is 2.15. The third kappa shape index (κ3) is 2.60. The van der Waals surface area contributed by atoms with Crippen molar-refractivity contribution in [1.29, 1.82) is 0 Å². The monoisotopic (exact) mass is 238 g/mol. The molecule has 0 bridgehead atoms. The van der Waals surface area contributed by atoms with Crippen LogP contribution >= 0.6 is 0 Å². The number of alkyl halides is 2. The molecule has 2 N–H and O–H groups in total. The molecule has 1 heterocycles. The molecule has 0 unspecified atom stereocenters. The van der Waals surface area contributed by atoms with E-state index in [2.05, 4.69) is 9.72 Å². The molecule has 0 radical (unpaired) electrons. The molecule has 0 aliphatic carbocycles. The van der Waals surface area contributed by atoms with Crippen LogP contribution < -0.4 is 9.88 Å². The summed E-state index contributed by atoms with van der Waals surface area (Å²) in [6.07, 6.45) is -2.93.